The van der Waals surface area contributed by atoms with Gasteiger partial charge in [-0.3, -0.25) is 4.79 Å². The molecule has 1 aliphatic rings. The fourth-order valence-corrected chi connectivity index (χ4v) is 2.12. The van der Waals surface area contributed by atoms with Gasteiger partial charge in [0, 0.05) is 6.54 Å². The molecule has 1 fully saturated rings. The van der Waals surface area contributed by atoms with Gasteiger partial charge in [0.1, 0.15) is 5.76 Å². The number of carbonyl (C=O) groups excluding carboxylic acids is 1. The average molecular weight is 236 g/mol. The van der Waals surface area contributed by atoms with Gasteiger partial charge in [0.2, 0.25) is 5.91 Å². The SMILES string of the molecule is CCN(Cc1ccco1)C(=O)C(C)(N)C1CC1. The van der Waals surface area contributed by atoms with E-state index in [0.717, 1.165) is 18.6 Å². The van der Waals surface area contributed by atoms with E-state index in [1.165, 1.54) is 0 Å². The molecule has 4 heteroatoms. The van der Waals surface area contributed by atoms with Crippen LogP contribution in [0.25, 0.3) is 0 Å². The van der Waals surface area contributed by atoms with Crippen LogP contribution in [0.2, 0.25) is 0 Å². The van der Waals surface area contributed by atoms with Crippen LogP contribution in [0, 0.1) is 5.92 Å². The summed E-state index contributed by atoms with van der Waals surface area (Å²) >= 11 is 0. The first kappa shape index (κ1) is 12.2. The lowest BCUT2D eigenvalue weighted by molar-refractivity contribution is -0.137. The van der Waals surface area contributed by atoms with Crippen molar-refractivity contribution in [3.05, 3.63) is 24.2 Å². The highest BCUT2D eigenvalue weighted by Gasteiger charge is 2.45. The lowest BCUT2D eigenvalue weighted by Gasteiger charge is -2.30. The van der Waals surface area contributed by atoms with Gasteiger partial charge in [-0.2, -0.15) is 0 Å². The molecule has 17 heavy (non-hydrogen) atoms. The van der Waals surface area contributed by atoms with Gasteiger partial charge in [-0.05, 0) is 44.7 Å². The van der Waals surface area contributed by atoms with Gasteiger partial charge in [-0.15, -0.1) is 0 Å². The Hall–Kier alpha value is -1.29. The molecule has 1 aromatic heterocycles. The molecule has 4 nitrogen and oxygen atoms in total. The Balaban J connectivity index is 2.04. The fraction of sp³-hybridized carbons (Fsp3) is 0.615. The Morgan fingerprint density at radius 3 is 2.82 bits per heavy atom. The summed E-state index contributed by atoms with van der Waals surface area (Å²) in [6.45, 7) is 4.96. The highest BCUT2D eigenvalue weighted by atomic mass is 16.3. The number of furan rings is 1. The monoisotopic (exact) mass is 236 g/mol. The van der Waals surface area contributed by atoms with Crippen molar-refractivity contribution in [1.29, 1.82) is 0 Å². The summed E-state index contributed by atoms with van der Waals surface area (Å²) in [6.07, 6.45) is 3.75. The lowest BCUT2D eigenvalue weighted by atomic mass is 9.95. The highest BCUT2D eigenvalue weighted by Crippen LogP contribution is 2.39. The Kier molecular flexibility index (Phi) is 3.24. The number of amides is 1. The summed E-state index contributed by atoms with van der Waals surface area (Å²) in [6, 6.07) is 3.71. The van der Waals surface area contributed by atoms with Gasteiger partial charge in [0.15, 0.2) is 0 Å². The summed E-state index contributed by atoms with van der Waals surface area (Å²) in [7, 11) is 0. The smallest absolute Gasteiger partial charge is 0.243 e. The normalized spacial score (nSPS) is 18.8. The Bertz CT molecular complexity index is 380. The minimum Gasteiger partial charge on any atom is -0.467 e. The maximum Gasteiger partial charge on any atom is 0.243 e. The first-order chi connectivity index (χ1) is 8.05. The summed E-state index contributed by atoms with van der Waals surface area (Å²) in [5.74, 6) is 1.17. The molecule has 1 saturated carbocycles. The van der Waals surface area contributed by atoms with Gasteiger partial charge in [-0.25, -0.2) is 0 Å². The van der Waals surface area contributed by atoms with Crippen LogP contribution in [-0.4, -0.2) is 22.9 Å². The first-order valence-corrected chi connectivity index (χ1v) is 6.16. The molecule has 1 amide bonds. The van der Waals surface area contributed by atoms with Crippen molar-refractivity contribution < 1.29 is 9.21 Å². The number of nitrogens with two attached hydrogens (primary N) is 1. The second-order valence-corrected chi connectivity index (χ2v) is 4.96. The van der Waals surface area contributed by atoms with E-state index in [9.17, 15) is 4.79 Å². The van der Waals surface area contributed by atoms with E-state index >= 15 is 0 Å². The summed E-state index contributed by atoms with van der Waals surface area (Å²) in [5, 5.41) is 0. The van der Waals surface area contributed by atoms with Crippen LogP contribution in [0.3, 0.4) is 0 Å². The fourth-order valence-electron chi connectivity index (χ4n) is 2.12. The number of nitrogens with zero attached hydrogens (tertiary/aromatic N) is 1. The lowest BCUT2D eigenvalue weighted by Crippen LogP contribution is -2.54. The van der Waals surface area contributed by atoms with Gasteiger partial charge < -0.3 is 15.1 Å². The minimum absolute atomic E-state index is 0.0268. The van der Waals surface area contributed by atoms with Crippen molar-refractivity contribution in [2.45, 2.75) is 38.8 Å². The van der Waals surface area contributed by atoms with E-state index in [1.807, 2.05) is 26.0 Å². The van der Waals surface area contributed by atoms with Crippen molar-refractivity contribution >= 4 is 5.91 Å². The van der Waals surface area contributed by atoms with Crippen molar-refractivity contribution in [3.8, 4) is 0 Å². The third-order valence-corrected chi connectivity index (χ3v) is 3.48. The molecule has 2 rings (SSSR count). The molecule has 1 aromatic rings. The van der Waals surface area contributed by atoms with Crippen LogP contribution in [0.5, 0.6) is 0 Å². The zero-order valence-corrected chi connectivity index (χ0v) is 10.5. The van der Waals surface area contributed by atoms with Crippen LogP contribution < -0.4 is 5.73 Å². The molecule has 94 valence electrons. The quantitative estimate of drug-likeness (QED) is 0.847. The number of rotatable bonds is 5. The zero-order valence-electron chi connectivity index (χ0n) is 10.5. The molecule has 1 atom stereocenters. The van der Waals surface area contributed by atoms with Gasteiger partial charge in [-0.1, -0.05) is 0 Å². The average Bonchev–Trinajstić information content (AvgIpc) is 3.05. The zero-order chi connectivity index (χ0) is 12.5. The molecule has 2 N–H and O–H groups in total. The van der Waals surface area contributed by atoms with Crippen LogP contribution >= 0.6 is 0 Å². The molecule has 0 spiro atoms. The molecule has 0 radical (unpaired) electrons. The molecule has 0 aliphatic heterocycles. The third kappa shape index (κ3) is 2.52. The number of likely N-dealkylation sites (N-methyl/N-ethyl adjacent to an activating group) is 1. The number of hydrogen-bond donors (Lipinski definition) is 1. The molecule has 1 unspecified atom stereocenters. The Labute approximate surface area is 102 Å². The second-order valence-electron chi connectivity index (χ2n) is 4.96. The maximum absolute atomic E-state index is 12.4. The number of hydrogen-bond acceptors (Lipinski definition) is 3. The maximum atomic E-state index is 12.4. The largest absolute Gasteiger partial charge is 0.467 e. The topological polar surface area (TPSA) is 59.5 Å². The molecular formula is C13H20N2O2. The van der Waals surface area contributed by atoms with Crippen molar-refractivity contribution in [1.82, 2.24) is 4.90 Å². The summed E-state index contributed by atoms with van der Waals surface area (Å²) in [5.41, 5.74) is 5.43. The van der Waals surface area contributed by atoms with Crippen LogP contribution in [0.1, 0.15) is 32.4 Å². The summed E-state index contributed by atoms with van der Waals surface area (Å²) < 4.78 is 5.27. The van der Waals surface area contributed by atoms with E-state index in [1.54, 1.807) is 11.2 Å². The van der Waals surface area contributed by atoms with E-state index in [2.05, 4.69) is 0 Å². The van der Waals surface area contributed by atoms with Gasteiger partial charge >= 0.3 is 0 Å². The summed E-state index contributed by atoms with van der Waals surface area (Å²) in [4.78, 5) is 14.1. The van der Waals surface area contributed by atoms with Crippen molar-refractivity contribution in [3.63, 3.8) is 0 Å². The van der Waals surface area contributed by atoms with Crippen LogP contribution in [-0.2, 0) is 11.3 Å². The first-order valence-electron chi connectivity index (χ1n) is 6.16. The Morgan fingerprint density at radius 1 is 1.65 bits per heavy atom. The standard InChI is InChI=1S/C13H20N2O2/c1-3-15(9-11-5-4-8-17-11)12(16)13(2,14)10-6-7-10/h4-5,8,10H,3,6-7,9,14H2,1-2H3. The molecule has 0 bridgehead atoms. The molecular weight excluding hydrogens is 216 g/mol. The van der Waals surface area contributed by atoms with Crippen molar-refractivity contribution in [2.24, 2.45) is 11.7 Å². The second kappa shape index (κ2) is 4.53. The highest BCUT2D eigenvalue weighted by molar-refractivity contribution is 5.86. The van der Waals surface area contributed by atoms with Crippen LogP contribution in [0.4, 0.5) is 0 Å². The Morgan fingerprint density at radius 2 is 2.35 bits per heavy atom. The predicted molar refractivity (Wildman–Crippen MR) is 65.1 cm³/mol. The van der Waals surface area contributed by atoms with E-state index < -0.39 is 5.54 Å². The van der Waals surface area contributed by atoms with Gasteiger partial charge in [0.05, 0.1) is 18.3 Å². The molecule has 0 aromatic carbocycles. The third-order valence-electron chi connectivity index (χ3n) is 3.48. The molecule has 0 saturated heterocycles. The number of carbonyl (C=O) groups is 1. The molecule has 1 heterocycles. The molecule has 1 aliphatic carbocycles. The van der Waals surface area contributed by atoms with Gasteiger partial charge in [0.25, 0.3) is 0 Å². The van der Waals surface area contributed by atoms with E-state index in [4.69, 9.17) is 10.2 Å². The van der Waals surface area contributed by atoms with E-state index in [0.29, 0.717) is 19.0 Å². The van der Waals surface area contributed by atoms with E-state index in [-0.39, 0.29) is 5.91 Å². The minimum atomic E-state index is -0.720. The van der Waals surface area contributed by atoms with Crippen molar-refractivity contribution in [2.75, 3.05) is 6.54 Å². The predicted octanol–water partition coefficient (Wildman–Crippen LogP) is 1.76. The van der Waals surface area contributed by atoms with Crippen LogP contribution in [0.15, 0.2) is 22.8 Å².